The van der Waals surface area contributed by atoms with Crippen molar-refractivity contribution in [3.63, 3.8) is 0 Å². The lowest BCUT2D eigenvalue weighted by Crippen LogP contribution is -2.16. The van der Waals surface area contributed by atoms with Gasteiger partial charge >= 0.3 is 0 Å². The first-order valence-electron chi connectivity index (χ1n) is 7.17. The molecule has 0 saturated carbocycles. The van der Waals surface area contributed by atoms with Crippen LogP contribution in [0.2, 0.25) is 0 Å². The van der Waals surface area contributed by atoms with Crippen LogP contribution < -0.4 is 16.0 Å². The van der Waals surface area contributed by atoms with E-state index in [-0.39, 0.29) is 33.8 Å². The second-order valence-electron chi connectivity index (χ2n) is 5.26. The standard InChI is InChI=1S/C18H12N4O3/c1-25-10-4-2-9-3-5-14(23)16(11(9)6-10)15-12(7-19)17(21)22-18(24)13(15)8-20/h2-6,23H,1H3,(H3,21,22,24). The number of nitrogen functional groups attached to an aromatic ring is 1. The average Bonchev–Trinajstić information content (AvgIpc) is 2.60. The van der Waals surface area contributed by atoms with Crippen molar-refractivity contribution >= 4 is 16.6 Å². The molecule has 2 aromatic carbocycles. The van der Waals surface area contributed by atoms with Crippen molar-refractivity contribution in [2.45, 2.75) is 0 Å². The Bertz CT molecular complexity index is 1150. The summed E-state index contributed by atoms with van der Waals surface area (Å²) in [5, 5.41) is 30.6. The summed E-state index contributed by atoms with van der Waals surface area (Å²) in [6.45, 7) is 0. The zero-order valence-corrected chi connectivity index (χ0v) is 13.1. The van der Waals surface area contributed by atoms with Crippen molar-refractivity contribution in [2.75, 3.05) is 12.8 Å². The van der Waals surface area contributed by atoms with E-state index in [1.54, 1.807) is 30.3 Å². The smallest absolute Gasteiger partial charge is 0.268 e. The minimum atomic E-state index is -0.728. The maximum absolute atomic E-state index is 12.1. The molecule has 3 aromatic rings. The molecule has 0 aliphatic carbocycles. The highest BCUT2D eigenvalue weighted by Crippen LogP contribution is 2.41. The molecule has 0 saturated heterocycles. The number of nitrogens with one attached hydrogen (secondary N) is 1. The minimum absolute atomic E-state index is 0.00241. The first kappa shape index (κ1) is 15.9. The van der Waals surface area contributed by atoms with E-state index in [1.807, 2.05) is 6.07 Å². The lowest BCUT2D eigenvalue weighted by atomic mass is 9.91. The van der Waals surface area contributed by atoms with Crippen molar-refractivity contribution in [1.82, 2.24) is 4.98 Å². The number of phenolic OH excluding ortho intramolecular Hbond substituents is 1. The molecule has 0 aliphatic heterocycles. The normalized spacial score (nSPS) is 10.2. The predicted octanol–water partition coefficient (Wildman–Crippen LogP) is 2.23. The van der Waals surface area contributed by atoms with Gasteiger partial charge in [-0.2, -0.15) is 10.5 Å². The van der Waals surface area contributed by atoms with Crippen molar-refractivity contribution in [1.29, 1.82) is 10.5 Å². The third-order valence-corrected chi connectivity index (χ3v) is 3.92. The van der Waals surface area contributed by atoms with Crippen LogP contribution in [0.1, 0.15) is 11.1 Å². The molecule has 7 nitrogen and oxygen atoms in total. The SMILES string of the molecule is COc1ccc2ccc(O)c(-c3c(C#N)c(N)[nH]c(=O)c3C#N)c2c1. The number of aromatic amines is 1. The third kappa shape index (κ3) is 2.41. The van der Waals surface area contributed by atoms with Crippen molar-refractivity contribution < 1.29 is 9.84 Å². The van der Waals surface area contributed by atoms with Gasteiger partial charge in [-0.1, -0.05) is 12.1 Å². The Kier molecular flexibility index (Phi) is 3.76. The number of hydrogen-bond donors (Lipinski definition) is 3. The highest BCUT2D eigenvalue weighted by atomic mass is 16.5. The number of aromatic hydroxyl groups is 1. The van der Waals surface area contributed by atoms with Crippen LogP contribution in [0, 0.1) is 22.7 Å². The number of hydrogen-bond acceptors (Lipinski definition) is 6. The Labute approximate surface area is 142 Å². The van der Waals surface area contributed by atoms with Gasteiger partial charge in [-0.25, -0.2) is 0 Å². The Morgan fingerprint density at radius 2 is 1.80 bits per heavy atom. The molecule has 1 aromatic heterocycles. The highest BCUT2D eigenvalue weighted by Gasteiger charge is 2.22. The second kappa shape index (κ2) is 5.91. The van der Waals surface area contributed by atoms with E-state index in [4.69, 9.17) is 10.5 Å². The summed E-state index contributed by atoms with van der Waals surface area (Å²) in [5.74, 6) is 0.175. The van der Waals surface area contributed by atoms with Gasteiger partial charge in [0, 0.05) is 11.1 Å². The maximum atomic E-state index is 12.1. The van der Waals surface area contributed by atoms with Crippen LogP contribution in [0.3, 0.4) is 0 Å². The molecule has 3 rings (SSSR count). The van der Waals surface area contributed by atoms with Crippen LogP contribution in [0.25, 0.3) is 21.9 Å². The predicted molar refractivity (Wildman–Crippen MR) is 92.1 cm³/mol. The van der Waals surface area contributed by atoms with Gasteiger partial charge in [-0.3, -0.25) is 4.79 Å². The summed E-state index contributed by atoms with van der Waals surface area (Å²) in [7, 11) is 1.50. The number of pyridine rings is 1. The number of nitrogens with two attached hydrogens (primary N) is 1. The fourth-order valence-electron chi connectivity index (χ4n) is 2.77. The van der Waals surface area contributed by atoms with E-state index in [0.717, 1.165) is 5.39 Å². The van der Waals surface area contributed by atoms with E-state index in [1.165, 1.54) is 13.2 Å². The van der Waals surface area contributed by atoms with Gasteiger partial charge in [-0.15, -0.1) is 0 Å². The summed E-state index contributed by atoms with van der Waals surface area (Å²) in [4.78, 5) is 14.4. The summed E-state index contributed by atoms with van der Waals surface area (Å²) < 4.78 is 5.21. The molecule has 122 valence electrons. The van der Waals surface area contributed by atoms with Gasteiger partial charge in [0.25, 0.3) is 5.56 Å². The number of benzene rings is 2. The molecule has 0 amide bonds. The van der Waals surface area contributed by atoms with Crippen LogP contribution >= 0.6 is 0 Å². The zero-order chi connectivity index (χ0) is 18.1. The number of nitriles is 2. The Morgan fingerprint density at radius 3 is 2.44 bits per heavy atom. The lowest BCUT2D eigenvalue weighted by Gasteiger charge is -2.14. The Balaban J connectivity index is 2.58. The van der Waals surface area contributed by atoms with E-state index < -0.39 is 5.56 Å². The molecule has 7 heteroatoms. The fraction of sp³-hybridized carbons (Fsp3) is 0.0556. The quantitative estimate of drug-likeness (QED) is 0.658. The molecule has 0 fully saturated rings. The van der Waals surface area contributed by atoms with Gasteiger partial charge in [0.2, 0.25) is 0 Å². The third-order valence-electron chi connectivity index (χ3n) is 3.92. The fourth-order valence-corrected chi connectivity index (χ4v) is 2.77. The van der Waals surface area contributed by atoms with E-state index in [9.17, 15) is 20.4 Å². The number of rotatable bonds is 2. The minimum Gasteiger partial charge on any atom is -0.507 e. The molecule has 0 bridgehead atoms. The first-order chi connectivity index (χ1) is 12.0. The van der Waals surface area contributed by atoms with E-state index in [0.29, 0.717) is 11.1 Å². The van der Waals surface area contributed by atoms with Crippen molar-refractivity contribution in [3.8, 4) is 34.8 Å². The van der Waals surface area contributed by atoms with Gasteiger partial charge in [0.05, 0.1) is 7.11 Å². The molecule has 0 atom stereocenters. The number of ether oxygens (including phenoxy) is 1. The topological polar surface area (TPSA) is 136 Å². The number of anilines is 1. The van der Waals surface area contributed by atoms with Crippen molar-refractivity contribution in [2.24, 2.45) is 0 Å². The summed E-state index contributed by atoms with van der Waals surface area (Å²) in [6.07, 6.45) is 0. The van der Waals surface area contributed by atoms with Crippen LogP contribution in [-0.4, -0.2) is 17.2 Å². The molecule has 0 radical (unpaired) electrons. The summed E-state index contributed by atoms with van der Waals surface area (Å²) in [6, 6.07) is 12.0. The Hall–Kier alpha value is -3.97. The molecular weight excluding hydrogens is 320 g/mol. The van der Waals surface area contributed by atoms with Crippen molar-refractivity contribution in [3.05, 3.63) is 51.8 Å². The van der Waals surface area contributed by atoms with Crippen LogP contribution in [0.15, 0.2) is 35.1 Å². The molecule has 4 N–H and O–H groups in total. The molecule has 1 heterocycles. The Morgan fingerprint density at radius 1 is 1.12 bits per heavy atom. The molecule has 0 spiro atoms. The van der Waals surface area contributed by atoms with Crippen LogP contribution in [0.5, 0.6) is 11.5 Å². The monoisotopic (exact) mass is 332 g/mol. The highest BCUT2D eigenvalue weighted by molar-refractivity contribution is 6.03. The maximum Gasteiger partial charge on any atom is 0.268 e. The number of fused-ring (bicyclic) bond motifs is 1. The molecule has 25 heavy (non-hydrogen) atoms. The van der Waals surface area contributed by atoms with E-state index in [2.05, 4.69) is 4.98 Å². The number of H-pyrrole nitrogens is 1. The number of aromatic nitrogens is 1. The van der Waals surface area contributed by atoms with Gasteiger partial charge in [0.1, 0.15) is 40.6 Å². The van der Waals surface area contributed by atoms with Gasteiger partial charge in [0.15, 0.2) is 0 Å². The number of nitrogens with zero attached hydrogens (tertiary/aromatic N) is 2. The second-order valence-corrected chi connectivity index (χ2v) is 5.26. The van der Waals surface area contributed by atoms with Crippen LogP contribution in [0.4, 0.5) is 5.82 Å². The van der Waals surface area contributed by atoms with Gasteiger partial charge in [-0.05, 0) is 29.0 Å². The number of methoxy groups -OCH3 is 1. The molecular formula is C18H12N4O3. The molecule has 0 unspecified atom stereocenters. The van der Waals surface area contributed by atoms with Crippen LogP contribution in [-0.2, 0) is 0 Å². The summed E-state index contributed by atoms with van der Waals surface area (Å²) >= 11 is 0. The number of phenols is 1. The molecule has 0 aliphatic rings. The van der Waals surface area contributed by atoms with E-state index >= 15 is 0 Å². The largest absolute Gasteiger partial charge is 0.507 e. The lowest BCUT2D eigenvalue weighted by molar-refractivity contribution is 0.415. The zero-order valence-electron chi connectivity index (χ0n) is 13.1. The van der Waals surface area contributed by atoms with Gasteiger partial charge < -0.3 is 20.6 Å². The first-order valence-corrected chi connectivity index (χ1v) is 7.17. The summed E-state index contributed by atoms with van der Waals surface area (Å²) in [5.41, 5.74) is 4.83. The average molecular weight is 332 g/mol.